The maximum Gasteiger partial charge on any atom is 0.319 e. The van der Waals surface area contributed by atoms with Crippen LogP contribution in [-0.2, 0) is 10.2 Å². The highest BCUT2D eigenvalue weighted by Crippen LogP contribution is 2.41. The minimum absolute atomic E-state index is 0.0606. The van der Waals surface area contributed by atoms with E-state index < -0.39 is 0 Å². The quantitative estimate of drug-likeness (QED) is 0.338. The number of likely N-dealkylation sites (tertiary alicyclic amines) is 1. The third kappa shape index (κ3) is 6.51. The van der Waals surface area contributed by atoms with Crippen molar-refractivity contribution in [3.05, 3.63) is 89.2 Å². The fourth-order valence-corrected chi connectivity index (χ4v) is 5.53. The molecule has 1 fully saturated rings. The second kappa shape index (κ2) is 12.8. The van der Waals surface area contributed by atoms with Crippen molar-refractivity contribution >= 4 is 17.6 Å². The molecule has 1 aliphatic rings. The van der Waals surface area contributed by atoms with Crippen molar-refractivity contribution in [2.24, 2.45) is 0 Å². The number of urea groups is 1. The largest absolute Gasteiger partial charge is 0.326 e. The van der Waals surface area contributed by atoms with Gasteiger partial charge in [0.2, 0.25) is 5.91 Å². The van der Waals surface area contributed by atoms with E-state index >= 15 is 0 Å². The van der Waals surface area contributed by atoms with Gasteiger partial charge in [-0.2, -0.15) is 5.26 Å². The van der Waals surface area contributed by atoms with Gasteiger partial charge in [0.15, 0.2) is 0 Å². The molecule has 4 rings (SSSR count). The third-order valence-corrected chi connectivity index (χ3v) is 8.13. The highest BCUT2D eigenvalue weighted by Gasteiger charge is 2.38. The fraction of sp³-hybridized carbons (Fsp3) is 0.364. The summed E-state index contributed by atoms with van der Waals surface area (Å²) in [6.07, 6.45) is 2.39. The lowest BCUT2D eigenvalue weighted by Gasteiger charge is -2.43. The monoisotopic (exact) mass is 540 g/mol. The lowest BCUT2D eigenvalue weighted by molar-refractivity contribution is -0.116. The zero-order valence-corrected chi connectivity index (χ0v) is 23.5. The lowest BCUT2D eigenvalue weighted by atomic mass is 9.69. The maximum absolute atomic E-state index is 14.0. The topological polar surface area (TPSA) is 76.4 Å². The average molecular weight is 541 g/mol. The van der Waals surface area contributed by atoms with E-state index in [2.05, 4.69) is 35.7 Å². The van der Waals surface area contributed by atoms with Crippen molar-refractivity contribution in [1.29, 1.82) is 5.26 Å². The Labute approximate surface area is 236 Å². The minimum Gasteiger partial charge on any atom is -0.326 e. The van der Waals surface area contributed by atoms with Crippen LogP contribution in [0.2, 0.25) is 0 Å². The molecule has 3 aromatic rings. The Balaban J connectivity index is 1.54. The van der Waals surface area contributed by atoms with Gasteiger partial charge in [-0.3, -0.25) is 4.79 Å². The minimum atomic E-state index is -0.347. The number of nitrogens with zero attached hydrogens (tertiary/aromatic N) is 3. The molecule has 7 heteroatoms. The molecule has 40 heavy (non-hydrogen) atoms. The Morgan fingerprint density at radius 1 is 1.00 bits per heavy atom. The van der Waals surface area contributed by atoms with Gasteiger partial charge in [0.05, 0.1) is 11.6 Å². The molecular formula is C33H37FN4O2. The van der Waals surface area contributed by atoms with E-state index in [1.807, 2.05) is 41.8 Å². The van der Waals surface area contributed by atoms with Gasteiger partial charge in [-0.25, -0.2) is 9.18 Å². The highest BCUT2D eigenvalue weighted by molar-refractivity contribution is 5.90. The van der Waals surface area contributed by atoms with Crippen LogP contribution in [0.25, 0.3) is 11.1 Å². The third-order valence-electron chi connectivity index (χ3n) is 8.13. The van der Waals surface area contributed by atoms with Crippen LogP contribution in [0, 0.1) is 24.1 Å². The van der Waals surface area contributed by atoms with E-state index in [0.29, 0.717) is 49.4 Å². The van der Waals surface area contributed by atoms with Gasteiger partial charge in [-0.05, 0) is 92.0 Å². The Morgan fingerprint density at radius 2 is 1.70 bits per heavy atom. The van der Waals surface area contributed by atoms with E-state index in [-0.39, 0.29) is 29.6 Å². The Kier molecular flexibility index (Phi) is 9.21. The number of carbonyl (C=O) groups excluding carboxylic acids is 2. The summed E-state index contributed by atoms with van der Waals surface area (Å²) >= 11 is 0. The summed E-state index contributed by atoms with van der Waals surface area (Å²) in [5, 5.41) is 12.1. The molecule has 1 saturated heterocycles. The van der Waals surface area contributed by atoms with Crippen molar-refractivity contribution in [1.82, 2.24) is 9.80 Å². The number of rotatable bonds is 8. The standard InChI is InChI=1S/C33H37FN4O2/c1-4-37(5-2)32(40)38-19-17-33(18-20-38,16-15-31(39)36-29-14-9-24(3)30(34)22-29)28-12-10-26(11-13-28)27-8-6-7-25(21-27)23-35/h6-14,21-22H,4-5,15-20H2,1-3H3,(H,36,39). The van der Waals surface area contributed by atoms with E-state index in [0.717, 1.165) is 29.5 Å². The molecule has 3 amide bonds. The number of carbonyl (C=O) groups is 2. The fourth-order valence-electron chi connectivity index (χ4n) is 5.53. The van der Waals surface area contributed by atoms with Crippen LogP contribution >= 0.6 is 0 Å². The molecule has 0 atom stereocenters. The average Bonchev–Trinajstić information content (AvgIpc) is 2.99. The number of aryl methyl sites for hydroxylation is 1. The van der Waals surface area contributed by atoms with Gasteiger partial charge in [0.1, 0.15) is 5.82 Å². The molecule has 0 aliphatic carbocycles. The first kappa shape index (κ1) is 28.8. The van der Waals surface area contributed by atoms with E-state index in [1.165, 1.54) is 6.07 Å². The molecule has 1 N–H and O–H groups in total. The van der Waals surface area contributed by atoms with E-state index in [1.54, 1.807) is 25.1 Å². The van der Waals surface area contributed by atoms with Crippen molar-refractivity contribution in [3.63, 3.8) is 0 Å². The van der Waals surface area contributed by atoms with Crippen LogP contribution in [0.5, 0.6) is 0 Å². The van der Waals surface area contributed by atoms with Crippen LogP contribution in [0.4, 0.5) is 14.9 Å². The second-order valence-electron chi connectivity index (χ2n) is 10.5. The molecule has 0 aromatic heterocycles. The normalized spacial score (nSPS) is 14.3. The molecule has 0 unspecified atom stereocenters. The Bertz CT molecular complexity index is 1380. The number of anilines is 1. The molecule has 0 saturated carbocycles. The molecule has 0 spiro atoms. The Morgan fingerprint density at radius 3 is 2.33 bits per heavy atom. The van der Waals surface area contributed by atoms with Crippen molar-refractivity contribution in [2.75, 3.05) is 31.5 Å². The van der Waals surface area contributed by atoms with Gasteiger partial charge < -0.3 is 15.1 Å². The molecule has 3 aromatic carbocycles. The summed E-state index contributed by atoms with van der Waals surface area (Å²) in [5.74, 6) is -0.505. The van der Waals surface area contributed by atoms with Crippen LogP contribution in [-0.4, -0.2) is 47.9 Å². The first-order valence-corrected chi connectivity index (χ1v) is 14.0. The summed E-state index contributed by atoms with van der Waals surface area (Å²) < 4.78 is 14.0. The number of nitriles is 1. The second-order valence-corrected chi connectivity index (χ2v) is 10.5. The molecule has 1 heterocycles. The number of hydrogen-bond acceptors (Lipinski definition) is 3. The smallest absolute Gasteiger partial charge is 0.319 e. The van der Waals surface area contributed by atoms with Crippen molar-refractivity contribution < 1.29 is 14.0 Å². The summed E-state index contributed by atoms with van der Waals surface area (Å²) in [6.45, 7) is 8.24. The number of piperidine rings is 1. The van der Waals surface area contributed by atoms with Crippen LogP contribution in [0.3, 0.4) is 0 Å². The highest BCUT2D eigenvalue weighted by atomic mass is 19.1. The molecule has 1 aliphatic heterocycles. The van der Waals surface area contributed by atoms with Crippen LogP contribution in [0.1, 0.15) is 56.2 Å². The molecule has 0 bridgehead atoms. The molecular weight excluding hydrogens is 503 g/mol. The molecule has 208 valence electrons. The van der Waals surface area contributed by atoms with Crippen LogP contribution in [0.15, 0.2) is 66.7 Å². The SMILES string of the molecule is CCN(CC)C(=O)N1CCC(CCC(=O)Nc2ccc(C)c(F)c2)(c2ccc(-c3cccc(C#N)c3)cc2)CC1. The zero-order chi connectivity index (χ0) is 28.7. The Hall–Kier alpha value is -4.18. The number of benzene rings is 3. The van der Waals surface area contributed by atoms with Gasteiger partial charge in [0.25, 0.3) is 0 Å². The predicted molar refractivity (Wildman–Crippen MR) is 156 cm³/mol. The van der Waals surface area contributed by atoms with Gasteiger partial charge in [0, 0.05) is 38.3 Å². The van der Waals surface area contributed by atoms with Gasteiger partial charge in [-0.15, -0.1) is 0 Å². The van der Waals surface area contributed by atoms with Gasteiger partial charge in [-0.1, -0.05) is 42.5 Å². The summed E-state index contributed by atoms with van der Waals surface area (Å²) in [4.78, 5) is 29.7. The number of amides is 3. The lowest BCUT2D eigenvalue weighted by Crippen LogP contribution is -2.50. The maximum atomic E-state index is 14.0. The van der Waals surface area contributed by atoms with E-state index in [9.17, 15) is 19.2 Å². The first-order valence-electron chi connectivity index (χ1n) is 14.0. The number of nitrogens with one attached hydrogen (secondary N) is 1. The zero-order valence-electron chi connectivity index (χ0n) is 23.5. The van der Waals surface area contributed by atoms with E-state index in [4.69, 9.17) is 0 Å². The predicted octanol–water partition coefficient (Wildman–Crippen LogP) is 6.89. The summed E-state index contributed by atoms with van der Waals surface area (Å²) in [5.41, 5.74) is 4.45. The first-order chi connectivity index (χ1) is 19.3. The van der Waals surface area contributed by atoms with Gasteiger partial charge >= 0.3 is 6.03 Å². The molecule has 0 radical (unpaired) electrons. The van der Waals surface area contributed by atoms with Crippen LogP contribution < -0.4 is 5.32 Å². The summed E-state index contributed by atoms with van der Waals surface area (Å²) in [7, 11) is 0. The number of halogens is 1. The number of hydrogen-bond donors (Lipinski definition) is 1. The summed E-state index contributed by atoms with van der Waals surface area (Å²) in [6, 6.07) is 22.9. The van der Waals surface area contributed by atoms with Crippen molar-refractivity contribution in [2.45, 2.75) is 51.9 Å². The van der Waals surface area contributed by atoms with Crippen molar-refractivity contribution in [3.8, 4) is 17.2 Å². The molecule has 6 nitrogen and oxygen atoms in total.